The lowest BCUT2D eigenvalue weighted by atomic mass is 9.88. The largest absolute Gasteiger partial charge is 0.364 e. The predicted molar refractivity (Wildman–Crippen MR) is 122 cm³/mol. The first kappa shape index (κ1) is 22.9. The molecule has 7 nitrogen and oxygen atoms in total. The van der Waals surface area contributed by atoms with Gasteiger partial charge in [-0.15, -0.1) is 0 Å². The molecule has 0 bridgehead atoms. The van der Waals surface area contributed by atoms with Crippen molar-refractivity contribution in [3.05, 3.63) is 64.6 Å². The van der Waals surface area contributed by atoms with Crippen LogP contribution in [0.3, 0.4) is 0 Å². The van der Waals surface area contributed by atoms with Gasteiger partial charge in [-0.1, -0.05) is 54.8 Å². The van der Waals surface area contributed by atoms with Crippen molar-refractivity contribution in [2.24, 2.45) is 5.73 Å². The number of carbonyl (C=O) groups excluding carboxylic acids is 3. The number of ketones is 1. The molecular weight excluding hydrogens is 447 g/mol. The second-order valence-electron chi connectivity index (χ2n) is 8.36. The number of rotatable bonds is 8. The van der Waals surface area contributed by atoms with E-state index in [-0.39, 0.29) is 41.8 Å². The number of hydrogen-bond acceptors (Lipinski definition) is 4. The maximum absolute atomic E-state index is 14.2. The molecule has 9 heteroatoms. The van der Waals surface area contributed by atoms with Crippen LogP contribution in [0.25, 0.3) is 10.9 Å². The molecule has 0 aliphatic heterocycles. The van der Waals surface area contributed by atoms with Gasteiger partial charge in [0, 0.05) is 11.8 Å². The van der Waals surface area contributed by atoms with E-state index in [1.54, 1.807) is 36.4 Å². The summed E-state index contributed by atoms with van der Waals surface area (Å²) in [6, 6.07) is 11.7. The molecule has 1 saturated carbocycles. The first-order valence-electron chi connectivity index (χ1n) is 10.8. The molecule has 1 fully saturated rings. The van der Waals surface area contributed by atoms with E-state index in [0.29, 0.717) is 29.3 Å². The van der Waals surface area contributed by atoms with Crippen molar-refractivity contribution in [3.63, 3.8) is 0 Å². The summed E-state index contributed by atoms with van der Waals surface area (Å²) in [6.45, 7) is -0.161. The molecule has 1 aromatic heterocycles. The number of nitrogens with one attached hydrogen (secondary N) is 1. The molecule has 172 valence electrons. The second-order valence-corrected chi connectivity index (χ2v) is 8.77. The maximum Gasteiger partial charge on any atom is 0.269 e. The molecule has 1 aliphatic carbocycles. The second kappa shape index (κ2) is 9.31. The van der Waals surface area contributed by atoms with Crippen molar-refractivity contribution >= 4 is 40.1 Å². The van der Waals surface area contributed by atoms with Gasteiger partial charge in [0.2, 0.25) is 5.91 Å². The molecule has 0 radical (unpaired) electrons. The number of amides is 2. The monoisotopic (exact) mass is 470 g/mol. The fourth-order valence-corrected chi connectivity index (χ4v) is 4.75. The number of hydrogen-bond donors (Lipinski definition) is 2. The summed E-state index contributed by atoms with van der Waals surface area (Å²) in [5.41, 5.74) is 5.50. The highest BCUT2D eigenvalue weighted by Crippen LogP contribution is 2.32. The molecule has 1 aliphatic rings. The van der Waals surface area contributed by atoms with E-state index in [1.807, 2.05) is 0 Å². The van der Waals surface area contributed by atoms with Crippen molar-refractivity contribution in [1.82, 2.24) is 15.1 Å². The smallest absolute Gasteiger partial charge is 0.269 e. The summed E-state index contributed by atoms with van der Waals surface area (Å²) in [4.78, 5) is 37.9. The number of halogens is 2. The minimum Gasteiger partial charge on any atom is -0.364 e. The van der Waals surface area contributed by atoms with Gasteiger partial charge in [0.25, 0.3) is 5.91 Å². The number of para-hydroxylation sites is 1. The number of nitrogens with two attached hydrogens (primary N) is 1. The lowest BCUT2D eigenvalue weighted by Gasteiger charge is -2.29. The zero-order valence-electron chi connectivity index (χ0n) is 17.9. The highest BCUT2D eigenvalue weighted by Gasteiger charge is 2.41. The molecule has 4 rings (SSSR count). The fraction of sp³-hybridized carbons (Fsp3) is 0.333. The van der Waals surface area contributed by atoms with Gasteiger partial charge in [-0.3, -0.25) is 19.1 Å². The molecule has 0 atom stereocenters. The Kier molecular flexibility index (Phi) is 6.47. The van der Waals surface area contributed by atoms with Crippen molar-refractivity contribution in [3.8, 4) is 0 Å². The number of carbonyl (C=O) groups is 3. The Labute approximate surface area is 195 Å². The zero-order valence-corrected chi connectivity index (χ0v) is 18.7. The molecule has 3 N–H and O–H groups in total. The van der Waals surface area contributed by atoms with Crippen molar-refractivity contribution < 1.29 is 18.8 Å². The summed E-state index contributed by atoms with van der Waals surface area (Å²) in [7, 11) is 0. The quantitative estimate of drug-likeness (QED) is 0.524. The number of benzene rings is 2. The van der Waals surface area contributed by atoms with E-state index in [0.717, 1.165) is 12.8 Å². The van der Waals surface area contributed by atoms with Crippen LogP contribution in [0.2, 0.25) is 5.02 Å². The van der Waals surface area contributed by atoms with Crippen LogP contribution >= 0.6 is 11.6 Å². The number of Topliss-reactive ketones (excluding diaryl/α,β-unsaturated/α-hetero) is 1. The molecule has 2 aromatic carbocycles. The van der Waals surface area contributed by atoms with E-state index in [2.05, 4.69) is 10.4 Å². The lowest BCUT2D eigenvalue weighted by Crippen LogP contribution is -2.53. The Morgan fingerprint density at radius 2 is 1.85 bits per heavy atom. The van der Waals surface area contributed by atoms with Gasteiger partial charge in [0.05, 0.1) is 16.1 Å². The van der Waals surface area contributed by atoms with Gasteiger partial charge in [0.15, 0.2) is 11.5 Å². The Hall–Kier alpha value is -3.26. The molecule has 0 saturated heterocycles. The molecule has 0 unspecified atom stereocenters. The highest BCUT2D eigenvalue weighted by molar-refractivity contribution is 6.30. The van der Waals surface area contributed by atoms with Crippen molar-refractivity contribution in [1.29, 1.82) is 0 Å². The van der Waals surface area contributed by atoms with Gasteiger partial charge in [0.1, 0.15) is 12.4 Å². The van der Waals surface area contributed by atoms with Crippen LogP contribution < -0.4 is 11.1 Å². The molecular formula is C24H24ClFN4O3. The minimum atomic E-state index is -0.985. The van der Waals surface area contributed by atoms with E-state index in [4.69, 9.17) is 17.3 Å². The number of aryl methyl sites for hydroxylation is 1. The summed E-state index contributed by atoms with van der Waals surface area (Å²) < 4.78 is 15.6. The SMILES string of the molecule is NC(=O)c1nn(CC(=O)NC2(C(=O)CCc3cccc(Cl)c3F)CCCC2)c2ccccc12. The van der Waals surface area contributed by atoms with E-state index in [1.165, 1.54) is 10.7 Å². The van der Waals surface area contributed by atoms with Gasteiger partial charge in [-0.25, -0.2) is 4.39 Å². The van der Waals surface area contributed by atoms with Crippen molar-refractivity contribution in [2.75, 3.05) is 0 Å². The van der Waals surface area contributed by atoms with Gasteiger partial charge in [-0.2, -0.15) is 5.10 Å². The van der Waals surface area contributed by atoms with E-state index in [9.17, 15) is 18.8 Å². The number of fused-ring (bicyclic) bond motifs is 1. The van der Waals surface area contributed by atoms with Crippen LogP contribution in [0, 0.1) is 5.82 Å². The Balaban J connectivity index is 1.49. The molecule has 0 spiro atoms. The topological polar surface area (TPSA) is 107 Å². The fourth-order valence-electron chi connectivity index (χ4n) is 4.55. The van der Waals surface area contributed by atoms with Crippen LogP contribution in [-0.4, -0.2) is 32.9 Å². The van der Waals surface area contributed by atoms with Gasteiger partial charge < -0.3 is 11.1 Å². The van der Waals surface area contributed by atoms with Crippen LogP contribution in [0.5, 0.6) is 0 Å². The molecule has 1 heterocycles. The Bertz CT molecular complexity index is 1230. The third kappa shape index (κ3) is 4.61. The number of aromatic nitrogens is 2. The van der Waals surface area contributed by atoms with Crippen LogP contribution in [0.15, 0.2) is 42.5 Å². The summed E-state index contributed by atoms with van der Waals surface area (Å²) in [5, 5.41) is 7.71. The lowest BCUT2D eigenvalue weighted by molar-refractivity contribution is -0.132. The minimum absolute atomic E-state index is 0.0191. The summed E-state index contributed by atoms with van der Waals surface area (Å²) >= 11 is 5.84. The Morgan fingerprint density at radius 1 is 1.12 bits per heavy atom. The van der Waals surface area contributed by atoms with Gasteiger partial charge in [-0.05, 0) is 37.0 Å². The van der Waals surface area contributed by atoms with E-state index < -0.39 is 17.3 Å². The molecule has 2 amide bonds. The highest BCUT2D eigenvalue weighted by atomic mass is 35.5. The van der Waals surface area contributed by atoms with Gasteiger partial charge >= 0.3 is 0 Å². The standard InChI is InChI=1S/C24H24ClFN4O3/c25-17-8-5-6-15(21(17)26)10-11-19(31)24(12-3-4-13-24)28-20(32)14-30-18-9-2-1-7-16(18)22(29-30)23(27)33/h1-2,5-9H,3-4,10-14H2,(H2,27,33)(H,28,32). The van der Waals surface area contributed by atoms with Crippen LogP contribution in [-0.2, 0) is 22.6 Å². The van der Waals surface area contributed by atoms with Crippen LogP contribution in [0.4, 0.5) is 4.39 Å². The third-order valence-corrected chi connectivity index (χ3v) is 6.50. The summed E-state index contributed by atoms with van der Waals surface area (Å²) in [6.07, 6.45) is 2.98. The first-order valence-corrected chi connectivity index (χ1v) is 11.2. The molecule has 3 aromatic rings. The van der Waals surface area contributed by atoms with E-state index >= 15 is 0 Å². The van der Waals surface area contributed by atoms with Crippen LogP contribution in [0.1, 0.15) is 48.2 Å². The Morgan fingerprint density at radius 3 is 2.58 bits per heavy atom. The molecule has 33 heavy (non-hydrogen) atoms. The number of primary amides is 1. The first-order chi connectivity index (χ1) is 15.8. The normalized spacial score (nSPS) is 15.0. The third-order valence-electron chi connectivity index (χ3n) is 6.21. The average Bonchev–Trinajstić information content (AvgIpc) is 3.40. The predicted octanol–water partition coefficient (Wildman–Crippen LogP) is 3.56. The van der Waals surface area contributed by atoms with Crippen molar-refractivity contribution in [2.45, 2.75) is 50.6 Å². The maximum atomic E-state index is 14.2. The number of nitrogens with zero attached hydrogens (tertiary/aromatic N) is 2. The average molecular weight is 471 g/mol. The zero-order chi connectivity index (χ0) is 23.6. The summed E-state index contributed by atoms with van der Waals surface area (Å²) in [5.74, 6) is -1.72.